The number of aryl methyl sites for hydroxylation is 1. The monoisotopic (exact) mass is 317 g/mol. The van der Waals surface area contributed by atoms with Gasteiger partial charge in [0, 0.05) is 31.0 Å². The largest absolute Gasteiger partial charge is 0.372 e. The van der Waals surface area contributed by atoms with Gasteiger partial charge in [0.2, 0.25) is 0 Å². The Labute approximate surface area is 134 Å². The molecule has 0 radical (unpaired) electrons. The zero-order valence-electron chi connectivity index (χ0n) is 12.9. The van der Waals surface area contributed by atoms with E-state index in [2.05, 4.69) is 9.97 Å². The van der Waals surface area contributed by atoms with Gasteiger partial charge in [-0.1, -0.05) is 0 Å². The molecule has 1 fully saturated rings. The Hall–Kier alpha value is -1.79. The van der Waals surface area contributed by atoms with Crippen molar-refractivity contribution in [3.05, 3.63) is 35.1 Å². The van der Waals surface area contributed by atoms with Crippen molar-refractivity contribution >= 4 is 17.2 Å². The summed E-state index contributed by atoms with van der Waals surface area (Å²) < 4.78 is 5.69. The lowest BCUT2D eigenvalue weighted by Gasteiger charge is -2.35. The van der Waals surface area contributed by atoms with Gasteiger partial charge in [-0.15, -0.1) is 11.3 Å². The molecule has 116 valence electrons. The molecular formula is C16H19N3O2S. The summed E-state index contributed by atoms with van der Waals surface area (Å²) in [6.07, 6.45) is 3.63. The highest BCUT2D eigenvalue weighted by Crippen LogP contribution is 2.29. The predicted octanol–water partition coefficient (Wildman–Crippen LogP) is 2.76. The maximum Gasteiger partial charge on any atom is 0.266 e. The summed E-state index contributed by atoms with van der Waals surface area (Å²) in [6, 6.07) is 3.83. The topological polar surface area (TPSA) is 55.3 Å². The van der Waals surface area contributed by atoms with Crippen LogP contribution >= 0.6 is 11.3 Å². The van der Waals surface area contributed by atoms with Crippen LogP contribution in [0, 0.1) is 6.92 Å². The van der Waals surface area contributed by atoms with Gasteiger partial charge in [-0.05, 0) is 32.9 Å². The van der Waals surface area contributed by atoms with E-state index in [0.717, 1.165) is 16.3 Å². The van der Waals surface area contributed by atoms with E-state index in [-0.39, 0.29) is 18.1 Å². The molecule has 0 spiro atoms. The molecule has 0 aliphatic carbocycles. The molecule has 2 aromatic heterocycles. The second-order valence-corrected chi connectivity index (χ2v) is 6.64. The number of thiazole rings is 1. The van der Waals surface area contributed by atoms with E-state index in [1.54, 1.807) is 12.4 Å². The molecule has 1 saturated heterocycles. The number of amides is 1. The van der Waals surface area contributed by atoms with E-state index < -0.39 is 0 Å². The van der Waals surface area contributed by atoms with Crippen molar-refractivity contribution in [1.29, 1.82) is 0 Å². The second-order valence-electron chi connectivity index (χ2n) is 5.64. The first kappa shape index (κ1) is 15.1. The highest BCUT2D eigenvalue weighted by molar-refractivity contribution is 7.17. The number of hydrogen-bond acceptors (Lipinski definition) is 5. The zero-order valence-corrected chi connectivity index (χ0v) is 13.8. The molecule has 0 unspecified atom stereocenters. The number of ether oxygens (including phenoxy) is 1. The fourth-order valence-electron chi connectivity index (χ4n) is 2.69. The molecule has 6 heteroatoms. The molecule has 22 heavy (non-hydrogen) atoms. The zero-order chi connectivity index (χ0) is 15.7. The summed E-state index contributed by atoms with van der Waals surface area (Å²) in [6.45, 7) is 7.13. The van der Waals surface area contributed by atoms with Crippen LogP contribution in [0.3, 0.4) is 0 Å². The molecule has 2 aromatic rings. The molecular weight excluding hydrogens is 298 g/mol. The fraction of sp³-hybridized carbons (Fsp3) is 0.438. The Bertz CT molecular complexity index is 661. The number of carbonyl (C=O) groups is 1. The van der Waals surface area contributed by atoms with Gasteiger partial charge in [0.25, 0.3) is 5.91 Å². The SMILES string of the molecule is Cc1nc(-c2cccnc2)sc1C(=O)N1C[C@@H](C)O[C@H](C)C1. The molecule has 3 rings (SSSR count). The van der Waals surface area contributed by atoms with Crippen molar-refractivity contribution in [2.45, 2.75) is 33.0 Å². The van der Waals surface area contributed by atoms with Crippen molar-refractivity contribution in [3.63, 3.8) is 0 Å². The molecule has 1 amide bonds. The minimum absolute atomic E-state index is 0.0483. The summed E-state index contributed by atoms with van der Waals surface area (Å²) in [4.78, 5) is 24.0. The van der Waals surface area contributed by atoms with Crippen LogP contribution in [0.25, 0.3) is 10.6 Å². The predicted molar refractivity (Wildman–Crippen MR) is 86.0 cm³/mol. The molecule has 0 saturated carbocycles. The van der Waals surface area contributed by atoms with Gasteiger partial charge in [0.1, 0.15) is 9.88 Å². The van der Waals surface area contributed by atoms with Crippen LogP contribution in [0.5, 0.6) is 0 Å². The number of morpholine rings is 1. The first-order valence-electron chi connectivity index (χ1n) is 7.37. The number of rotatable bonds is 2. The van der Waals surface area contributed by atoms with Crippen LogP contribution in [0.2, 0.25) is 0 Å². The number of pyridine rings is 1. The molecule has 0 aromatic carbocycles. The highest BCUT2D eigenvalue weighted by atomic mass is 32.1. The van der Waals surface area contributed by atoms with E-state index in [4.69, 9.17) is 4.74 Å². The Balaban J connectivity index is 1.86. The van der Waals surface area contributed by atoms with Gasteiger partial charge in [-0.2, -0.15) is 0 Å². The average Bonchev–Trinajstić information content (AvgIpc) is 2.88. The van der Waals surface area contributed by atoms with Crippen LogP contribution in [-0.2, 0) is 4.74 Å². The smallest absolute Gasteiger partial charge is 0.266 e. The summed E-state index contributed by atoms with van der Waals surface area (Å²) >= 11 is 1.43. The summed E-state index contributed by atoms with van der Waals surface area (Å²) in [7, 11) is 0. The minimum atomic E-state index is 0.0483. The number of nitrogens with zero attached hydrogens (tertiary/aromatic N) is 3. The highest BCUT2D eigenvalue weighted by Gasteiger charge is 2.29. The molecule has 0 bridgehead atoms. The summed E-state index contributed by atoms with van der Waals surface area (Å²) in [5.74, 6) is 0.0483. The Morgan fingerprint density at radius 3 is 2.73 bits per heavy atom. The van der Waals surface area contributed by atoms with Crippen molar-refractivity contribution < 1.29 is 9.53 Å². The van der Waals surface area contributed by atoms with E-state index in [0.29, 0.717) is 18.0 Å². The van der Waals surface area contributed by atoms with Crippen molar-refractivity contribution in [3.8, 4) is 10.6 Å². The quantitative estimate of drug-likeness (QED) is 0.854. The normalized spacial score (nSPS) is 21.9. The van der Waals surface area contributed by atoms with Gasteiger partial charge < -0.3 is 9.64 Å². The third kappa shape index (κ3) is 3.03. The van der Waals surface area contributed by atoms with Crippen molar-refractivity contribution in [1.82, 2.24) is 14.9 Å². The van der Waals surface area contributed by atoms with Gasteiger partial charge in [-0.25, -0.2) is 4.98 Å². The van der Waals surface area contributed by atoms with Gasteiger partial charge in [0.15, 0.2) is 0 Å². The minimum Gasteiger partial charge on any atom is -0.372 e. The fourth-order valence-corrected chi connectivity index (χ4v) is 3.72. The standard InChI is InChI=1S/C16H19N3O2S/c1-10-8-19(9-11(2)21-10)16(20)14-12(3)18-15(22-14)13-5-4-6-17-7-13/h4-7,10-11H,8-9H2,1-3H3/t10-,11-/m1/s1. The van der Waals surface area contributed by atoms with E-state index in [9.17, 15) is 4.79 Å². The maximum atomic E-state index is 12.8. The average molecular weight is 317 g/mol. The Kier molecular flexibility index (Phi) is 4.22. The van der Waals surface area contributed by atoms with Crippen molar-refractivity contribution in [2.75, 3.05) is 13.1 Å². The van der Waals surface area contributed by atoms with E-state index in [1.807, 2.05) is 37.8 Å². The van der Waals surface area contributed by atoms with Crippen LogP contribution in [0.4, 0.5) is 0 Å². The second kappa shape index (κ2) is 6.14. The lowest BCUT2D eigenvalue weighted by atomic mass is 10.2. The molecule has 5 nitrogen and oxygen atoms in total. The summed E-state index contributed by atoms with van der Waals surface area (Å²) in [5, 5.41) is 0.836. The van der Waals surface area contributed by atoms with Gasteiger partial charge in [-0.3, -0.25) is 9.78 Å². The Morgan fingerprint density at radius 1 is 1.36 bits per heavy atom. The van der Waals surface area contributed by atoms with Crippen LogP contribution in [0.15, 0.2) is 24.5 Å². The Morgan fingerprint density at radius 2 is 2.09 bits per heavy atom. The maximum absolute atomic E-state index is 12.8. The summed E-state index contributed by atoms with van der Waals surface area (Å²) in [5.41, 5.74) is 1.72. The number of carbonyl (C=O) groups excluding carboxylic acids is 1. The first-order valence-corrected chi connectivity index (χ1v) is 8.19. The molecule has 2 atom stereocenters. The third-order valence-corrected chi connectivity index (χ3v) is 4.80. The van der Waals surface area contributed by atoms with E-state index >= 15 is 0 Å². The molecule has 1 aliphatic heterocycles. The van der Waals surface area contributed by atoms with E-state index in [1.165, 1.54) is 11.3 Å². The lowest BCUT2D eigenvalue weighted by Crippen LogP contribution is -2.48. The third-order valence-electron chi connectivity index (χ3n) is 3.61. The molecule has 1 aliphatic rings. The number of hydrogen-bond donors (Lipinski definition) is 0. The van der Waals surface area contributed by atoms with Crippen LogP contribution < -0.4 is 0 Å². The lowest BCUT2D eigenvalue weighted by molar-refractivity contribution is -0.0585. The molecule has 0 N–H and O–H groups in total. The van der Waals surface area contributed by atoms with Gasteiger partial charge in [0.05, 0.1) is 17.9 Å². The van der Waals surface area contributed by atoms with Crippen LogP contribution in [-0.4, -0.2) is 46.1 Å². The van der Waals surface area contributed by atoms with Crippen molar-refractivity contribution in [2.24, 2.45) is 0 Å². The first-order chi connectivity index (χ1) is 10.5. The number of aromatic nitrogens is 2. The van der Waals surface area contributed by atoms with Gasteiger partial charge >= 0.3 is 0 Å². The molecule has 3 heterocycles. The van der Waals surface area contributed by atoms with Crippen LogP contribution in [0.1, 0.15) is 29.2 Å².